The average molecular weight is 921 g/mol. The van der Waals surface area contributed by atoms with Crippen LogP contribution in [0.2, 0.25) is 0 Å². The Balaban J connectivity index is 1.21. The third-order valence-electron chi connectivity index (χ3n) is 11.1. The van der Waals surface area contributed by atoms with Crippen LogP contribution in [0.1, 0.15) is 0 Å². The number of phenolic OH excluding ortho intramolecular Hbond substituents is 3. The first-order valence-corrected chi connectivity index (χ1v) is 19.6. The summed E-state index contributed by atoms with van der Waals surface area (Å²) in [6.07, 6.45) is -34.7. The van der Waals surface area contributed by atoms with E-state index in [1.165, 1.54) is 0 Å². The molecule has 26 heteroatoms. The Labute approximate surface area is 358 Å². The molecule has 0 saturated carbocycles. The van der Waals surface area contributed by atoms with E-state index in [-0.39, 0.29) is 5.56 Å². The second kappa shape index (κ2) is 19.4. The zero-order valence-corrected chi connectivity index (χ0v) is 32.9. The van der Waals surface area contributed by atoms with Crippen LogP contribution in [0.4, 0.5) is 0 Å². The van der Waals surface area contributed by atoms with Gasteiger partial charge in [0.1, 0.15) is 108 Å². The van der Waals surface area contributed by atoms with Crippen molar-refractivity contribution in [3.05, 3.63) is 40.6 Å². The van der Waals surface area contributed by atoms with Gasteiger partial charge in [0.2, 0.25) is 23.8 Å². The molecule has 4 aliphatic rings. The maximum absolute atomic E-state index is 14.3. The fourth-order valence-corrected chi connectivity index (χ4v) is 7.58. The molecule has 26 nitrogen and oxygen atoms in total. The lowest BCUT2D eigenvalue weighted by Gasteiger charge is -2.46. The molecule has 7 rings (SSSR count). The molecule has 5 heterocycles. The summed E-state index contributed by atoms with van der Waals surface area (Å²) in [5.74, 6) is -3.96. The monoisotopic (exact) mass is 920 g/mol. The summed E-state index contributed by atoms with van der Waals surface area (Å²) in [4.78, 5) is 14.3. The number of rotatable bonds is 12. The minimum Gasteiger partial charge on any atom is -0.508 e. The molecule has 4 saturated heterocycles. The Bertz CT molecular complexity index is 2130. The summed E-state index contributed by atoms with van der Waals surface area (Å²) < 4.78 is 50.7. The lowest BCUT2D eigenvalue weighted by atomic mass is 9.98. The highest BCUT2D eigenvalue weighted by Crippen LogP contribution is 2.41. The molecule has 64 heavy (non-hydrogen) atoms. The van der Waals surface area contributed by atoms with E-state index in [2.05, 4.69) is 0 Å². The number of phenols is 3. The number of hydrogen-bond donors (Lipinski definition) is 16. The highest BCUT2D eigenvalue weighted by atomic mass is 16.8. The Morgan fingerprint density at radius 1 is 0.562 bits per heavy atom. The van der Waals surface area contributed by atoms with Crippen LogP contribution in [-0.2, 0) is 28.4 Å². The lowest BCUT2D eigenvalue weighted by Crippen LogP contribution is -2.65. The summed E-state index contributed by atoms with van der Waals surface area (Å²) in [5, 5.41) is 166. The minimum absolute atomic E-state index is 0.212. The molecule has 2 aromatic carbocycles. The molecule has 0 amide bonds. The first-order valence-electron chi connectivity index (χ1n) is 19.6. The van der Waals surface area contributed by atoms with Crippen molar-refractivity contribution in [2.45, 2.75) is 117 Å². The quantitative estimate of drug-likeness (QED) is 0.0803. The zero-order chi connectivity index (χ0) is 46.5. The normalized spacial score (nSPS) is 39.4. The van der Waals surface area contributed by atoms with Crippen molar-refractivity contribution in [2.75, 3.05) is 26.4 Å². The second-order valence-electron chi connectivity index (χ2n) is 15.4. The molecule has 1 aromatic heterocycles. The molecule has 0 radical (unpaired) electrons. The van der Waals surface area contributed by atoms with Gasteiger partial charge >= 0.3 is 0 Å². The fraction of sp³-hybridized carbons (Fsp3) is 0.605. The van der Waals surface area contributed by atoms with Gasteiger partial charge in [0.15, 0.2) is 35.9 Å². The third-order valence-corrected chi connectivity index (χ3v) is 11.1. The fourth-order valence-electron chi connectivity index (χ4n) is 7.58. The van der Waals surface area contributed by atoms with Crippen LogP contribution >= 0.6 is 0 Å². The number of aliphatic hydroxyl groups is 13. The first-order chi connectivity index (χ1) is 30.4. The van der Waals surface area contributed by atoms with Crippen molar-refractivity contribution in [1.82, 2.24) is 0 Å². The van der Waals surface area contributed by atoms with Crippen molar-refractivity contribution in [3.8, 4) is 40.1 Å². The Morgan fingerprint density at radius 3 is 1.73 bits per heavy atom. The van der Waals surface area contributed by atoms with Gasteiger partial charge in [-0.15, -0.1) is 0 Å². The van der Waals surface area contributed by atoms with E-state index in [1.807, 2.05) is 0 Å². The van der Waals surface area contributed by atoms with Gasteiger partial charge in [-0.1, -0.05) is 0 Å². The Morgan fingerprint density at radius 2 is 1.12 bits per heavy atom. The van der Waals surface area contributed by atoms with Gasteiger partial charge in [-0.25, -0.2) is 0 Å². The number of aliphatic hydroxyl groups excluding tert-OH is 13. The Hall–Kier alpha value is -4.11. The molecule has 356 valence electrons. The van der Waals surface area contributed by atoms with Crippen LogP contribution in [0.25, 0.3) is 22.3 Å². The van der Waals surface area contributed by atoms with Gasteiger partial charge < -0.3 is 124 Å². The summed E-state index contributed by atoms with van der Waals surface area (Å²) in [5.41, 5.74) is -1.82. The van der Waals surface area contributed by atoms with Crippen molar-refractivity contribution in [1.29, 1.82) is 0 Å². The molecule has 0 spiro atoms. The Kier molecular flexibility index (Phi) is 14.5. The van der Waals surface area contributed by atoms with Crippen LogP contribution in [0.3, 0.4) is 0 Å². The van der Waals surface area contributed by atoms with Crippen LogP contribution < -0.4 is 14.9 Å². The molecular formula is C38H48O26. The predicted octanol–water partition coefficient (Wildman–Crippen LogP) is -6.78. The van der Waals surface area contributed by atoms with E-state index in [0.717, 1.165) is 30.3 Å². The maximum Gasteiger partial charge on any atom is 0.239 e. The molecule has 16 N–H and O–H groups in total. The smallest absolute Gasteiger partial charge is 0.239 e. The second-order valence-corrected chi connectivity index (χ2v) is 15.4. The molecule has 4 aliphatic heterocycles. The van der Waals surface area contributed by atoms with Gasteiger partial charge in [-0.3, -0.25) is 4.79 Å². The number of aromatic hydroxyl groups is 3. The van der Waals surface area contributed by atoms with Crippen LogP contribution in [0.15, 0.2) is 39.5 Å². The van der Waals surface area contributed by atoms with Crippen molar-refractivity contribution < 1.29 is 124 Å². The van der Waals surface area contributed by atoms with Crippen molar-refractivity contribution in [2.24, 2.45) is 0 Å². The minimum atomic E-state index is -2.10. The van der Waals surface area contributed by atoms with Crippen molar-refractivity contribution in [3.63, 3.8) is 0 Å². The van der Waals surface area contributed by atoms with E-state index >= 15 is 0 Å². The van der Waals surface area contributed by atoms with Gasteiger partial charge in [-0.2, -0.15) is 0 Å². The zero-order valence-electron chi connectivity index (χ0n) is 32.9. The van der Waals surface area contributed by atoms with Crippen LogP contribution in [-0.4, -0.2) is 225 Å². The van der Waals surface area contributed by atoms with E-state index in [4.69, 9.17) is 42.3 Å². The highest BCUT2D eigenvalue weighted by Gasteiger charge is 2.53. The first kappa shape index (κ1) is 47.8. The maximum atomic E-state index is 14.3. The van der Waals surface area contributed by atoms with Crippen molar-refractivity contribution >= 4 is 11.0 Å². The molecular weight excluding hydrogens is 872 g/mol. The molecule has 0 unspecified atom stereocenters. The number of hydrogen-bond acceptors (Lipinski definition) is 26. The topological polar surface area (TPSA) is 428 Å². The molecule has 0 aliphatic carbocycles. The summed E-state index contributed by atoms with van der Waals surface area (Å²) in [7, 11) is 0. The van der Waals surface area contributed by atoms with Crippen LogP contribution in [0, 0.1) is 0 Å². The summed E-state index contributed by atoms with van der Waals surface area (Å²) >= 11 is 0. The SMILES string of the molecule is O=c1c(O[C@@H]2O[C@H](CO)[C@@H](O)[C@H](O)[C@H]2O[C@@H]2OC[C@@H](O)[C@H](O[C@@H]3O[C@H](CO)[C@@H](O)[C@H](O)[C@H]3O)[C@H]2O)c(-c2ccc(O[C@@H]3O[C@H](CO)[C@@H](O)[C@H](O)[C@H]3O)c(O)c2)oc2cc(O)cc(O)c12. The van der Waals surface area contributed by atoms with Gasteiger partial charge in [0, 0.05) is 17.7 Å². The van der Waals surface area contributed by atoms with E-state index in [9.17, 15) is 86.5 Å². The molecule has 0 bridgehead atoms. The third kappa shape index (κ3) is 9.05. The summed E-state index contributed by atoms with van der Waals surface area (Å²) in [6.45, 7) is -3.25. The van der Waals surface area contributed by atoms with Gasteiger partial charge in [0.25, 0.3) is 0 Å². The lowest BCUT2D eigenvalue weighted by molar-refractivity contribution is -0.368. The van der Waals surface area contributed by atoms with Crippen LogP contribution in [0.5, 0.6) is 28.7 Å². The van der Waals surface area contributed by atoms with Gasteiger partial charge in [0.05, 0.1) is 26.4 Å². The number of ether oxygens (including phenoxy) is 8. The molecule has 4 fully saturated rings. The average Bonchev–Trinajstić information content (AvgIpc) is 3.26. The number of benzene rings is 2. The molecule has 19 atom stereocenters. The standard InChI is InChI=1S/C38H48O26/c39-6-17-21(46)25(50)28(53)36(59-17)58-15-2-1-10(3-12(15)43)31-33(24(49)20-13(44)4-11(42)5-16(20)57-31)63-38-34(27(52)23(48)19(8-41)61-38)64-35-30(55)32(14(45)9-56-35)62-37-29(54)26(51)22(47)18(7-40)60-37/h1-5,14,17-19,21-23,25-30,32,34-48,50-55H,6-9H2/t14-,17-,18-,19-,21-,22-,23-,25+,26+,27+,28-,29-,30-,32+,34-,35+,36-,37+,38+/m1/s1. The van der Waals surface area contributed by atoms with Gasteiger partial charge in [-0.05, 0) is 18.2 Å². The van der Waals surface area contributed by atoms with E-state index in [0.29, 0.717) is 0 Å². The highest BCUT2D eigenvalue weighted by molar-refractivity contribution is 5.88. The van der Waals surface area contributed by atoms with E-state index in [1.54, 1.807) is 0 Å². The summed E-state index contributed by atoms with van der Waals surface area (Å²) in [6, 6.07) is 4.92. The molecule has 3 aromatic rings. The van der Waals surface area contributed by atoms with E-state index < -0.39 is 194 Å². The predicted molar refractivity (Wildman–Crippen MR) is 201 cm³/mol. The number of fused-ring (bicyclic) bond motifs is 1. The largest absolute Gasteiger partial charge is 0.508 e.